The molecular weight excluding hydrogens is 709 g/mol. The first-order valence-electron chi connectivity index (χ1n) is 19.7. The highest BCUT2D eigenvalue weighted by atomic mass is 16.5. The third-order valence-corrected chi connectivity index (χ3v) is 10.2. The molecule has 3 heterocycles. The smallest absolute Gasteiger partial charge is 0.407 e. The predicted octanol–water partition coefficient (Wildman–Crippen LogP) is 7.59. The third-order valence-electron chi connectivity index (χ3n) is 10.2. The van der Waals surface area contributed by atoms with Crippen molar-refractivity contribution >= 4 is 41.1 Å². The summed E-state index contributed by atoms with van der Waals surface area (Å²) in [6, 6.07) is 21.0. The molecular formula is C44H56N6O6. The molecule has 4 amide bonds. The van der Waals surface area contributed by atoms with Crippen LogP contribution in [0.15, 0.2) is 72.6 Å². The summed E-state index contributed by atoms with van der Waals surface area (Å²) in [7, 11) is 2.59. The Hall–Kier alpha value is -5.65. The van der Waals surface area contributed by atoms with Gasteiger partial charge in [0.05, 0.1) is 37.6 Å². The zero-order valence-electron chi connectivity index (χ0n) is 33.5. The molecule has 4 aromatic rings. The van der Waals surface area contributed by atoms with Crippen molar-refractivity contribution in [2.45, 2.75) is 78.3 Å². The number of hydrogen-bond donors (Lipinski definition) is 3. The van der Waals surface area contributed by atoms with Gasteiger partial charge in [-0.25, -0.2) is 14.6 Å². The molecule has 2 aliphatic heterocycles. The number of hydrogen-bond acceptors (Lipinski definition) is 7. The van der Waals surface area contributed by atoms with E-state index in [1.165, 1.54) is 48.5 Å². The van der Waals surface area contributed by atoms with Crippen molar-refractivity contribution in [1.82, 2.24) is 30.4 Å². The first-order valence-corrected chi connectivity index (χ1v) is 19.7. The Balaban J connectivity index is 0.000000315. The van der Waals surface area contributed by atoms with Gasteiger partial charge in [0.25, 0.3) is 0 Å². The Labute approximate surface area is 330 Å². The SMILES string of the molecule is CCC.COC(=O)NCC(=O)N1CCCC1.COC(=O)N[C@H](C(=O)N1CCC[C@@H]1C1=Cc2cc(-c3ccc(-c4ccc5nc[nH]c5c4)cc3)ccc2C1)C(C)C. The van der Waals surface area contributed by atoms with E-state index in [0.717, 1.165) is 67.4 Å². The Morgan fingerprint density at radius 1 is 0.839 bits per heavy atom. The van der Waals surface area contributed by atoms with Crippen LogP contribution in [-0.4, -0.2) is 96.3 Å². The van der Waals surface area contributed by atoms with Crippen LogP contribution in [0, 0.1) is 5.92 Å². The van der Waals surface area contributed by atoms with Gasteiger partial charge in [0.15, 0.2) is 0 Å². The fraction of sp³-hybridized carbons (Fsp3) is 0.432. The van der Waals surface area contributed by atoms with E-state index < -0.39 is 18.2 Å². The van der Waals surface area contributed by atoms with Gasteiger partial charge in [0.1, 0.15) is 12.6 Å². The Morgan fingerprint density at radius 2 is 1.46 bits per heavy atom. The highest BCUT2D eigenvalue weighted by Gasteiger charge is 2.38. The molecule has 56 heavy (non-hydrogen) atoms. The molecule has 0 spiro atoms. The average molecular weight is 765 g/mol. The first kappa shape index (κ1) is 41.5. The van der Waals surface area contributed by atoms with Gasteiger partial charge in [-0.05, 0) is 95.2 Å². The fourth-order valence-corrected chi connectivity index (χ4v) is 7.32. The molecule has 1 aliphatic carbocycles. The first-order chi connectivity index (χ1) is 27.1. The van der Waals surface area contributed by atoms with E-state index in [4.69, 9.17) is 4.74 Å². The van der Waals surface area contributed by atoms with Crippen LogP contribution in [0.2, 0.25) is 0 Å². The molecule has 0 bridgehead atoms. The summed E-state index contributed by atoms with van der Waals surface area (Å²) in [6.45, 7) is 10.5. The average Bonchev–Trinajstić information content (AvgIpc) is 4.05. The van der Waals surface area contributed by atoms with E-state index in [0.29, 0.717) is 6.54 Å². The molecule has 2 saturated heterocycles. The predicted molar refractivity (Wildman–Crippen MR) is 220 cm³/mol. The molecule has 7 rings (SSSR count). The molecule has 1 aromatic heterocycles. The lowest BCUT2D eigenvalue weighted by Crippen LogP contribution is -2.52. The van der Waals surface area contributed by atoms with Crippen molar-refractivity contribution in [3.05, 3.63) is 83.7 Å². The van der Waals surface area contributed by atoms with E-state index in [-0.39, 0.29) is 30.3 Å². The molecule has 0 saturated carbocycles. The Morgan fingerprint density at radius 3 is 2.11 bits per heavy atom. The van der Waals surface area contributed by atoms with E-state index in [9.17, 15) is 19.2 Å². The van der Waals surface area contributed by atoms with Crippen LogP contribution in [0.4, 0.5) is 9.59 Å². The van der Waals surface area contributed by atoms with Crippen molar-refractivity contribution in [2.75, 3.05) is 40.4 Å². The van der Waals surface area contributed by atoms with Crippen LogP contribution in [-0.2, 0) is 25.5 Å². The topological polar surface area (TPSA) is 146 Å². The molecule has 12 heteroatoms. The highest BCUT2D eigenvalue weighted by Crippen LogP contribution is 2.36. The number of H-pyrrole nitrogens is 1. The number of rotatable bonds is 8. The molecule has 12 nitrogen and oxygen atoms in total. The van der Waals surface area contributed by atoms with Crippen LogP contribution in [0.25, 0.3) is 39.4 Å². The number of fused-ring (bicyclic) bond motifs is 2. The number of carbonyl (C=O) groups is 4. The zero-order chi connectivity index (χ0) is 40.2. The number of methoxy groups -OCH3 is 2. The van der Waals surface area contributed by atoms with Gasteiger partial charge in [0, 0.05) is 19.6 Å². The fourth-order valence-electron chi connectivity index (χ4n) is 7.32. The normalized spacial score (nSPS) is 16.2. The van der Waals surface area contributed by atoms with Crippen molar-refractivity contribution in [1.29, 1.82) is 0 Å². The van der Waals surface area contributed by atoms with Crippen molar-refractivity contribution < 1.29 is 28.7 Å². The van der Waals surface area contributed by atoms with Gasteiger partial charge in [-0.15, -0.1) is 0 Å². The van der Waals surface area contributed by atoms with Gasteiger partial charge in [-0.3, -0.25) is 9.59 Å². The Kier molecular flexibility index (Phi) is 14.7. The molecule has 0 unspecified atom stereocenters. The van der Waals surface area contributed by atoms with E-state index in [1.807, 2.05) is 24.8 Å². The minimum atomic E-state index is -0.603. The maximum atomic E-state index is 13.5. The van der Waals surface area contributed by atoms with Gasteiger partial charge in [-0.2, -0.15) is 0 Å². The van der Waals surface area contributed by atoms with Crippen molar-refractivity contribution in [3.63, 3.8) is 0 Å². The second-order valence-electron chi connectivity index (χ2n) is 14.7. The van der Waals surface area contributed by atoms with E-state index in [2.05, 4.69) is 99.9 Å². The second kappa shape index (κ2) is 19.8. The number of alkyl carbamates (subject to hydrolysis) is 2. The van der Waals surface area contributed by atoms with Gasteiger partial charge < -0.3 is 34.9 Å². The number of nitrogens with zero attached hydrogens (tertiary/aromatic N) is 3. The third kappa shape index (κ3) is 10.3. The summed E-state index contributed by atoms with van der Waals surface area (Å²) in [5.41, 5.74) is 10.4. The molecule has 3 aromatic carbocycles. The lowest BCUT2D eigenvalue weighted by molar-refractivity contribution is -0.134. The lowest BCUT2D eigenvalue weighted by Gasteiger charge is -2.31. The number of amides is 4. The van der Waals surface area contributed by atoms with Gasteiger partial charge in [-0.1, -0.05) is 82.7 Å². The largest absolute Gasteiger partial charge is 0.453 e. The van der Waals surface area contributed by atoms with Crippen LogP contribution in [0.1, 0.15) is 70.9 Å². The van der Waals surface area contributed by atoms with Gasteiger partial charge in [0.2, 0.25) is 11.8 Å². The molecule has 3 aliphatic rings. The number of benzene rings is 3. The number of aromatic amines is 1. The quantitative estimate of drug-likeness (QED) is 0.168. The monoisotopic (exact) mass is 764 g/mol. The minimum Gasteiger partial charge on any atom is -0.453 e. The van der Waals surface area contributed by atoms with E-state index in [1.54, 1.807) is 11.2 Å². The summed E-state index contributed by atoms with van der Waals surface area (Å²) < 4.78 is 9.11. The summed E-state index contributed by atoms with van der Waals surface area (Å²) in [5.74, 6) is -0.111. The van der Waals surface area contributed by atoms with Crippen LogP contribution in [0.5, 0.6) is 0 Å². The number of carbonyl (C=O) groups excluding carboxylic acids is 4. The summed E-state index contributed by atoms with van der Waals surface area (Å²) in [6.07, 6.45) is 8.95. The lowest BCUT2D eigenvalue weighted by atomic mass is 9.97. The highest BCUT2D eigenvalue weighted by molar-refractivity contribution is 5.87. The standard InChI is InChI=1S/C33H34N4O3.C8H14N2O3.C3H8/c1-20(2)31(36-33(39)40-3)32(38)37-14-4-5-30(37)27-16-24-11-10-23(15-26(24)17-27)21-6-8-22(9-7-21)25-12-13-28-29(18-25)35-19-34-28;1-13-8(12)9-6-7(11)10-4-2-3-5-10;1-3-2/h6-13,15,17-20,30-31H,4-5,14,16H2,1-3H3,(H,34,35)(H,36,39);2-6H2,1H3,(H,9,12);3H2,1-2H3/t30-,31+;;/m1../s1. The molecule has 0 radical (unpaired) electrons. The summed E-state index contributed by atoms with van der Waals surface area (Å²) in [4.78, 5) is 58.6. The number of aromatic nitrogens is 2. The molecule has 2 atom stereocenters. The maximum Gasteiger partial charge on any atom is 0.407 e. The number of likely N-dealkylation sites (tertiary alicyclic amines) is 2. The molecule has 298 valence electrons. The molecule has 3 N–H and O–H groups in total. The van der Waals surface area contributed by atoms with Crippen LogP contribution in [0.3, 0.4) is 0 Å². The number of ether oxygens (including phenoxy) is 2. The zero-order valence-corrected chi connectivity index (χ0v) is 33.5. The Bertz CT molecular complexity index is 2000. The molecule has 2 fully saturated rings. The van der Waals surface area contributed by atoms with Crippen LogP contribution < -0.4 is 10.6 Å². The summed E-state index contributed by atoms with van der Waals surface area (Å²) in [5, 5.41) is 5.10. The minimum absolute atomic E-state index is 0.0344. The second-order valence-corrected chi connectivity index (χ2v) is 14.7. The number of imidazole rings is 1. The maximum absolute atomic E-state index is 13.5. The van der Waals surface area contributed by atoms with E-state index >= 15 is 0 Å². The van der Waals surface area contributed by atoms with Crippen molar-refractivity contribution in [3.8, 4) is 22.3 Å². The van der Waals surface area contributed by atoms with Gasteiger partial charge >= 0.3 is 12.2 Å². The van der Waals surface area contributed by atoms with Crippen LogP contribution >= 0.6 is 0 Å². The summed E-state index contributed by atoms with van der Waals surface area (Å²) >= 11 is 0. The number of nitrogens with one attached hydrogen (secondary N) is 3. The van der Waals surface area contributed by atoms with Crippen molar-refractivity contribution in [2.24, 2.45) is 5.92 Å².